The summed E-state index contributed by atoms with van der Waals surface area (Å²) in [5.74, 6) is 1.11. The fourth-order valence-electron chi connectivity index (χ4n) is 1.49. The van der Waals surface area contributed by atoms with Crippen LogP contribution in [-0.4, -0.2) is 23.4 Å². The minimum atomic E-state index is -0.153. The van der Waals surface area contributed by atoms with Gasteiger partial charge in [0.2, 0.25) is 0 Å². The first-order valence-electron chi connectivity index (χ1n) is 5.87. The topological polar surface area (TPSA) is 49.3 Å². The third-order valence-electron chi connectivity index (χ3n) is 2.63. The maximum absolute atomic E-state index is 11.8. The van der Waals surface area contributed by atoms with Crippen LogP contribution < -0.4 is 5.32 Å². The van der Waals surface area contributed by atoms with Crippen molar-refractivity contribution in [2.45, 2.75) is 19.8 Å². The average Bonchev–Trinajstić information content (AvgIpc) is 2.37. The van der Waals surface area contributed by atoms with Crippen molar-refractivity contribution in [3.63, 3.8) is 0 Å². The molecule has 1 rings (SSSR count). The zero-order valence-corrected chi connectivity index (χ0v) is 13.2. The van der Waals surface area contributed by atoms with E-state index in [9.17, 15) is 9.90 Å². The summed E-state index contributed by atoms with van der Waals surface area (Å²) >= 11 is 7.72. The molecule has 0 aliphatic rings. The summed E-state index contributed by atoms with van der Waals surface area (Å²) in [4.78, 5) is 11.8. The number of rotatable bonds is 6. The van der Waals surface area contributed by atoms with E-state index in [0.717, 1.165) is 16.4 Å². The summed E-state index contributed by atoms with van der Waals surface area (Å²) in [5, 5.41) is 12.4. The quantitative estimate of drug-likeness (QED) is 0.451. The molecule has 1 unspecified atom stereocenters. The molecule has 0 bridgehead atoms. The van der Waals surface area contributed by atoms with Gasteiger partial charge < -0.3 is 10.4 Å². The molecule has 18 heavy (non-hydrogen) atoms. The lowest BCUT2D eigenvalue weighted by molar-refractivity contribution is 0.0952. The van der Waals surface area contributed by atoms with Crippen LogP contribution >= 0.6 is 34.2 Å². The molecule has 0 aromatic heterocycles. The first-order chi connectivity index (χ1) is 8.54. The molecule has 0 fully saturated rings. The van der Waals surface area contributed by atoms with E-state index < -0.39 is 0 Å². The third-order valence-corrected chi connectivity index (χ3v) is 4.07. The van der Waals surface area contributed by atoms with Gasteiger partial charge in [-0.15, -0.1) is 11.6 Å². The van der Waals surface area contributed by atoms with Crippen molar-refractivity contribution in [2.24, 2.45) is 5.92 Å². The van der Waals surface area contributed by atoms with Crippen LogP contribution in [-0.2, 0) is 0 Å². The lowest BCUT2D eigenvalue weighted by atomic mass is 10.1. The zero-order valence-electron chi connectivity index (χ0n) is 10.2. The highest BCUT2D eigenvalue weighted by Gasteiger charge is 2.07. The molecule has 0 heterocycles. The highest BCUT2D eigenvalue weighted by Crippen LogP contribution is 2.20. The number of carbonyl (C=O) groups is 1. The van der Waals surface area contributed by atoms with Crippen LogP contribution in [0.5, 0.6) is 5.75 Å². The second kappa shape index (κ2) is 7.84. The van der Waals surface area contributed by atoms with Gasteiger partial charge in [0.15, 0.2) is 0 Å². The van der Waals surface area contributed by atoms with Gasteiger partial charge in [0.05, 0.1) is 3.57 Å². The second-order valence-electron chi connectivity index (χ2n) is 4.32. The van der Waals surface area contributed by atoms with Gasteiger partial charge in [0.25, 0.3) is 5.91 Å². The number of hydrogen-bond acceptors (Lipinski definition) is 2. The first kappa shape index (κ1) is 15.6. The largest absolute Gasteiger partial charge is 0.507 e. The maximum Gasteiger partial charge on any atom is 0.251 e. The molecule has 0 aliphatic heterocycles. The fraction of sp³-hybridized carbons (Fsp3) is 0.462. The van der Waals surface area contributed by atoms with Crippen LogP contribution in [0.4, 0.5) is 0 Å². The molecule has 1 atom stereocenters. The Bertz CT molecular complexity index is 412. The molecule has 0 aliphatic carbocycles. The van der Waals surface area contributed by atoms with Gasteiger partial charge in [-0.2, -0.15) is 0 Å². The summed E-state index contributed by atoms with van der Waals surface area (Å²) in [5.41, 5.74) is 0.485. The summed E-state index contributed by atoms with van der Waals surface area (Å²) < 4.78 is 0.736. The number of halogens is 2. The molecule has 0 saturated heterocycles. The summed E-state index contributed by atoms with van der Waals surface area (Å²) in [6, 6.07) is 4.91. The predicted molar refractivity (Wildman–Crippen MR) is 82.3 cm³/mol. The van der Waals surface area contributed by atoms with Gasteiger partial charge in [-0.1, -0.05) is 6.92 Å². The van der Waals surface area contributed by atoms with Crippen molar-refractivity contribution in [2.75, 3.05) is 12.4 Å². The second-order valence-corrected chi connectivity index (χ2v) is 5.79. The highest BCUT2D eigenvalue weighted by molar-refractivity contribution is 14.1. The van der Waals surface area contributed by atoms with Crippen molar-refractivity contribution in [3.05, 3.63) is 27.3 Å². The van der Waals surface area contributed by atoms with Gasteiger partial charge in [0.1, 0.15) is 5.75 Å². The first-order valence-corrected chi connectivity index (χ1v) is 7.48. The van der Waals surface area contributed by atoms with E-state index in [1.165, 1.54) is 6.07 Å². The summed E-state index contributed by atoms with van der Waals surface area (Å²) in [6.07, 6.45) is 1.91. The molecule has 0 radical (unpaired) electrons. The number of benzene rings is 1. The fourth-order valence-corrected chi connectivity index (χ4v) is 1.98. The molecule has 1 aromatic carbocycles. The predicted octanol–water partition coefficient (Wildman–Crippen LogP) is 3.38. The molecular weight excluding hydrogens is 365 g/mol. The van der Waals surface area contributed by atoms with Crippen LogP contribution in [0.25, 0.3) is 0 Å². The van der Waals surface area contributed by atoms with Crippen LogP contribution in [0.1, 0.15) is 30.1 Å². The van der Waals surface area contributed by atoms with Gasteiger partial charge in [-0.25, -0.2) is 0 Å². The molecule has 100 valence electrons. The number of aromatic hydroxyl groups is 1. The molecule has 5 heteroatoms. The Kier molecular flexibility index (Phi) is 6.78. The van der Waals surface area contributed by atoms with Crippen molar-refractivity contribution in [1.29, 1.82) is 0 Å². The Hall–Kier alpha value is -0.490. The van der Waals surface area contributed by atoms with Gasteiger partial charge in [0, 0.05) is 18.0 Å². The van der Waals surface area contributed by atoms with Gasteiger partial charge >= 0.3 is 0 Å². The number of phenolic OH excluding ortho intramolecular Hbond substituents is 1. The zero-order chi connectivity index (χ0) is 13.5. The van der Waals surface area contributed by atoms with E-state index >= 15 is 0 Å². The molecular formula is C13H17ClINO2. The number of amides is 1. The number of hydrogen-bond donors (Lipinski definition) is 2. The third kappa shape index (κ3) is 5.02. The van der Waals surface area contributed by atoms with Crippen molar-refractivity contribution in [1.82, 2.24) is 5.32 Å². The molecule has 1 amide bonds. The van der Waals surface area contributed by atoms with Crippen molar-refractivity contribution >= 4 is 40.1 Å². The molecule has 3 nitrogen and oxygen atoms in total. The average molecular weight is 382 g/mol. The minimum Gasteiger partial charge on any atom is -0.507 e. The molecule has 2 N–H and O–H groups in total. The number of nitrogens with one attached hydrogen (secondary N) is 1. The Morgan fingerprint density at radius 1 is 1.56 bits per heavy atom. The van der Waals surface area contributed by atoms with Crippen LogP contribution in [0.15, 0.2) is 18.2 Å². The van der Waals surface area contributed by atoms with E-state index in [1.54, 1.807) is 12.1 Å². The van der Waals surface area contributed by atoms with Crippen LogP contribution in [0.3, 0.4) is 0 Å². The Morgan fingerprint density at radius 3 is 2.89 bits per heavy atom. The summed E-state index contributed by atoms with van der Waals surface area (Å²) in [7, 11) is 0. The van der Waals surface area contributed by atoms with Crippen LogP contribution in [0.2, 0.25) is 0 Å². The number of carbonyl (C=O) groups excluding carboxylic acids is 1. The van der Waals surface area contributed by atoms with E-state index in [0.29, 0.717) is 23.9 Å². The number of phenols is 1. The van der Waals surface area contributed by atoms with Crippen molar-refractivity contribution in [3.8, 4) is 5.75 Å². The summed E-state index contributed by atoms with van der Waals surface area (Å²) in [6.45, 7) is 2.72. The van der Waals surface area contributed by atoms with E-state index in [4.69, 9.17) is 11.6 Å². The van der Waals surface area contributed by atoms with Gasteiger partial charge in [-0.3, -0.25) is 4.79 Å². The monoisotopic (exact) mass is 381 g/mol. The van der Waals surface area contributed by atoms with E-state index in [-0.39, 0.29) is 11.7 Å². The smallest absolute Gasteiger partial charge is 0.251 e. The standard InChI is InChI=1S/C13H17ClINO2/c1-9(8-14)3-2-6-16-13(18)10-4-5-11(15)12(17)7-10/h4-5,7,9,17H,2-3,6,8H2,1H3,(H,16,18). The maximum atomic E-state index is 11.8. The lowest BCUT2D eigenvalue weighted by Crippen LogP contribution is -2.24. The molecule has 0 saturated carbocycles. The van der Waals surface area contributed by atoms with Gasteiger partial charge in [-0.05, 0) is 59.5 Å². The SMILES string of the molecule is CC(CCl)CCCNC(=O)c1ccc(I)c(O)c1. The van der Waals surface area contributed by atoms with E-state index in [1.807, 2.05) is 22.6 Å². The molecule has 0 spiro atoms. The van der Waals surface area contributed by atoms with E-state index in [2.05, 4.69) is 12.2 Å². The Labute approximate surface area is 126 Å². The normalized spacial score (nSPS) is 12.2. The highest BCUT2D eigenvalue weighted by atomic mass is 127. The van der Waals surface area contributed by atoms with Crippen molar-refractivity contribution < 1.29 is 9.90 Å². The molecule has 1 aromatic rings. The minimum absolute atomic E-state index is 0.138. The lowest BCUT2D eigenvalue weighted by Gasteiger charge is -2.08. The number of alkyl halides is 1. The van der Waals surface area contributed by atoms with Crippen LogP contribution in [0, 0.1) is 9.49 Å². The Morgan fingerprint density at radius 2 is 2.28 bits per heavy atom. The Balaban J connectivity index is 2.39.